The number of likely N-dealkylation sites (tertiary alicyclic amines) is 1. The van der Waals surface area contributed by atoms with Gasteiger partial charge in [-0.1, -0.05) is 30.3 Å². The SMILES string of the molecule is CNC(=O)[C@@H](Cc1ccccc1)N1CCC[C@H]1C(=O)NCc1ccncc1.Cl.Cl. The first-order chi connectivity index (χ1) is 13.2. The van der Waals surface area contributed by atoms with Gasteiger partial charge in [-0.05, 0) is 49.1 Å². The highest BCUT2D eigenvalue weighted by atomic mass is 35.5. The molecule has 0 unspecified atom stereocenters. The molecule has 1 aliphatic heterocycles. The van der Waals surface area contributed by atoms with Crippen LogP contribution in [0, 0.1) is 0 Å². The number of carbonyl (C=O) groups is 2. The fourth-order valence-electron chi connectivity index (χ4n) is 3.62. The number of aromatic nitrogens is 1. The average Bonchev–Trinajstić information content (AvgIpc) is 3.21. The van der Waals surface area contributed by atoms with Crippen LogP contribution in [0.25, 0.3) is 0 Å². The number of nitrogens with zero attached hydrogens (tertiary/aromatic N) is 2. The van der Waals surface area contributed by atoms with Gasteiger partial charge in [0.15, 0.2) is 0 Å². The molecule has 2 amide bonds. The second-order valence-corrected chi connectivity index (χ2v) is 6.79. The Bertz CT molecular complexity index is 762. The topological polar surface area (TPSA) is 74.3 Å². The summed E-state index contributed by atoms with van der Waals surface area (Å²) in [7, 11) is 1.65. The Kier molecular flexibility index (Phi) is 10.7. The van der Waals surface area contributed by atoms with Gasteiger partial charge in [0, 0.05) is 26.0 Å². The van der Waals surface area contributed by atoms with Crippen molar-refractivity contribution < 1.29 is 9.59 Å². The van der Waals surface area contributed by atoms with Crippen molar-refractivity contribution >= 4 is 36.6 Å². The van der Waals surface area contributed by atoms with Crippen LogP contribution in [0.3, 0.4) is 0 Å². The Morgan fingerprint density at radius 2 is 1.79 bits per heavy atom. The third kappa shape index (κ3) is 6.70. The molecule has 1 saturated heterocycles. The molecule has 0 aliphatic carbocycles. The number of amides is 2. The quantitative estimate of drug-likeness (QED) is 0.695. The Hall–Kier alpha value is -2.15. The van der Waals surface area contributed by atoms with Gasteiger partial charge >= 0.3 is 0 Å². The van der Waals surface area contributed by atoms with Crippen LogP contribution in [0.15, 0.2) is 54.9 Å². The van der Waals surface area contributed by atoms with Crippen LogP contribution in [0.4, 0.5) is 0 Å². The lowest BCUT2D eigenvalue weighted by molar-refractivity contribution is -0.131. The molecule has 2 N–H and O–H groups in total. The molecule has 0 saturated carbocycles. The minimum absolute atomic E-state index is 0. The van der Waals surface area contributed by atoms with E-state index in [0.717, 1.165) is 30.5 Å². The van der Waals surface area contributed by atoms with Crippen LogP contribution in [0.5, 0.6) is 0 Å². The fraction of sp³-hybridized carbons (Fsp3) is 0.381. The van der Waals surface area contributed by atoms with E-state index < -0.39 is 0 Å². The monoisotopic (exact) mass is 438 g/mol. The summed E-state index contributed by atoms with van der Waals surface area (Å²) in [5, 5.41) is 5.77. The molecule has 0 radical (unpaired) electrons. The third-order valence-corrected chi connectivity index (χ3v) is 5.03. The van der Waals surface area contributed by atoms with Crippen LogP contribution in [-0.4, -0.2) is 47.4 Å². The summed E-state index contributed by atoms with van der Waals surface area (Å²) in [4.78, 5) is 31.4. The van der Waals surface area contributed by atoms with E-state index in [0.29, 0.717) is 13.0 Å². The van der Waals surface area contributed by atoms with Gasteiger partial charge in [-0.3, -0.25) is 19.5 Å². The van der Waals surface area contributed by atoms with E-state index in [1.807, 2.05) is 47.4 Å². The Labute approximate surface area is 184 Å². The van der Waals surface area contributed by atoms with Crippen molar-refractivity contribution in [1.82, 2.24) is 20.5 Å². The molecule has 2 atom stereocenters. The highest BCUT2D eigenvalue weighted by molar-refractivity contribution is 5.86. The zero-order valence-corrected chi connectivity index (χ0v) is 18.0. The van der Waals surface area contributed by atoms with Crippen LogP contribution < -0.4 is 10.6 Å². The van der Waals surface area contributed by atoms with E-state index in [1.54, 1.807) is 19.4 Å². The maximum atomic E-state index is 12.8. The first-order valence-electron chi connectivity index (χ1n) is 9.37. The molecule has 8 heteroatoms. The van der Waals surface area contributed by atoms with Gasteiger partial charge in [-0.2, -0.15) is 0 Å². The normalized spacial score (nSPS) is 16.8. The lowest BCUT2D eigenvalue weighted by Gasteiger charge is -2.31. The van der Waals surface area contributed by atoms with E-state index >= 15 is 0 Å². The summed E-state index contributed by atoms with van der Waals surface area (Å²) in [6.07, 6.45) is 5.70. The predicted molar refractivity (Wildman–Crippen MR) is 118 cm³/mol. The van der Waals surface area contributed by atoms with E-state index in [4.69, 9.17) is 0 Å². The van der Waals surface area contributed by atoms with Crippen molar-refractivity contribution in [1.29, 1.82) is 0 Å². The second kappa shape index (κ2) is 12.4. The summed E-state index contributed by atoms with van der Waals surface area (Å²) < 4.78 is 0. The number of halogens is 2. The van der Waals surface area contributed by atoms with Crippen LogP contribution in [0.2, 0.25) is 0 Å². The molecule has 0 bridgehead atoms. The van der Waals surface area contributed by atoms with E-state index in [9.17, 15) is 9.59 Å². The first-order valence-corrected chi connectivity index (χ1v) is 9.37. The van der Waals surface area contributed by atoms with Crippen molar-refractivity contribution in [2.45, 2.75) is 37.9 Å². The third-order valence-electron chi connectivity index (χ3n) is 5.03. The molecule has 6 nitrogen and oxygen atoms in total. The smallest absolute Gasteiger partial charge is 0.237 e. The minimum atomic E-state index is -0.350. The summed E-state index contributed by atoms with van der Waals surface area (Å²) in [6.45, 7) is 1.22. The molecule has 3 rings (SSSR count). The van der Waals surface area contributed by atoms with Crippen LogP contribution in [-0.2, 0) is 22.6 Å². The molecule has 0 spiro atoms. The number of likely N-dealkylation sites (N-methyl/N-ethyl adjacent to an activating group) is 1. The van der Waals surface area contributed by atoms with Gasteiger partial charge in [-0.25, -0.2) is 0 Å². The number of benzene rings is 1. The summed E-state index contributed by atoms with van der Waals surface area (Å²) in [5.41, 5.74) is 2.10. The Morgan fingerprint density at radius 3 is 2.45 bits per heavy atom. The molecule has 1 aliphatic rings. The zero-order chi connectivity index (χ0) is 19.1. The first kappa shape index (κ1) is 24.9. The number of hydrogen-bond acceptors (Lipinski definition) is 4. The number of nitrogens with one attached hydrogen (secondary N) is 2. The summed E-state index contributed by atoms with van der Waals surface area (Å²) >= 11 is 0. The van der Waals surface area contributed by atoms with Crippen molar-refractivity contribution in [2.24, 2.45) is 0 Å². The molecule has 1 fully saturated rings. The summed E-state index contributed by atoms with van der Waals surface area (Å²) in [6, 6.07) is 13.1. The van der Waals surface area contributed by atoms with Crippen LogP contribution in [0.1, 0.15) is 24.0 Å². The highest BCUT2D eigenvalue weighted by Gasteiger charge is 2.38. The molecule has 29 heavy (non-hydrogen) atoms. The molecule has 1 aromatic heterocycles. The van der Waals surface area contributed by atoms with E-state index in [2.05, 4.69) is 15.6 Å². The van der Waals surface area contributed by atoms with Gasteiger partial charge < -0.3 is 10.6 Å². The van der Waals surface area contributed by atoms with Gasteiger partial charge in [0.05, 0.1) is 12.1 Å². The lowest BCUT2D eigenvalue weighted by atomic mass is 10.0. The van der Waals surface area contributed by atoms with E-state index in [-0.39, 0.29) is 48.7 Å². The Balaban J connectivity index is 0.00000210. The number of rotatable bonds is 7. The molecular weight excluding hydrogens is 411 g/mol. The molecular formula is C21H28Cl2N4O2. The van der Waals surface area contributed by atoms with Crippen molar-refractivity contribution in [2.75, 3.05) is 13.6 Å². The molecule has 2 heterocycles. The number of hydrogen-bond donors (Lipinski definition) is 2. The van der Waals surface area contributed by atoms with Crippen molar-refractivity contribution in [3.05, 3.63) is 66.0 Å². The van der Waals surface area contributed by atoms with Crippen LogP contribution >= 0.6 is 24.8 Å². The highest BCUT2D eigenvalue weighted by Crippen LogP contribution is 2.23. The molecule has 2 aromatic rings. The second-order valence-electron chi connectivity index (χ2n) is 6.79. The fourth-order valence-corrected chi connectivity index (χ4v) is 3.62. The van der Waals surface area contributed by atoms with Crippen molar-refractivity contribution in [3.63, 3.8) is 0 Å². The standard InChI is InChI=1S/C21H26N4O2.2ClH/c1-22-20(26)19(14-16-6-3-2-4-7-16)25-13-5-8-18(25)21(27)24-15-17-9-11-23-12-10-17;;/h2-4,6-7,9-12,18-19H,5,8,13-15H2,1H3,(H,22,26)(H,24,27);2*1H/t18-,19+;;/m0../s1. The minimum Gasteiger partial charge on any atom is -0.358 e. The maximum absolute atomic E-state index is 12.8. The largest absolute Gasteiger partial charge is 0.358 e. The predicted octanol–water partition coefficient (Wildman–Crippen LogP) is 2.36. The summed E-state index contributed by atoms with van der Waals surface area (Å²) in [5.74, 6) is -0.0704. The van der Waals surface area contributed by atoms with E-state index in [1.165, 1.54) is 0 Å². The van der Waals surface area contributed by atoms with Crippen molar-refractivity contribution in [3.8, 4) is 0 Å². The number of carbonyl (C=O) groups excluding carboxylic acids is 2. The van der Waals surface area contributed by atoms with Gasteiger partial charge in [0.25, 0.3) is 0 Å². The lowest BCUT2D eigenvalue weighted by Crippen LogP contribution is -2.53. The zero-order valence-electron chi connectivity index (χ0n) is 16.4. The van der Waals surface area contributed by atoms with Gasteiger partial charge in [-0.15, -0.1) is 24.8 Å². The van der Waals surface area contributed by atoms with Gasteiger partial charge in [0.2, 0.25) is 11.8 Å². The molecule has 158 valence electrons. The van der Waals surface area contributed by atoms with Gasteiger partial charge in [0.1, 0.15) is 0 Å². The maximum Gasteiger partial charge on any atom is 0.237 e. The molecule has 1 aromatic carbocycles. The number of pyridine rings is 1. The average molecular weight is 439 g/mol. The Morgan fingerprint density at radius 1 is 1.10 bits per heavy atom.